The number of hydrogen-bond acceptors (Lipinski definition) is 3. The van der Waals surface area contributed by atoms with Gasteiger partial charge in [0.05, 0.1) is 6.54 Å². The van der Waals surface area contributed by atoms with Gasteiger partial charge in [0.25, 0.3) is 5.91 Å². The molecule has 1 aromatic carbocycles. The zero-order chi connectivity index (χ0) is 20.0. The predicted molar refractivity (Wildman–Crippen MR) is 96.2 cm³/mol. The minimum absolute atomic E-state index is 0.120. The lowest BCUT2D eigenvalue weighted by atomic mass is 10.1. The number of rotatable bonds is 8. The Balaban J connectivity index is 1.97. The molecule has 1 aromatic rings. The minimum atomic E-state index is -4.25. The molecule has 5 nitrogen and oxygen atoms in total. The summed E-state index contributed by atoms with van der Waals surface area (Å²) in [6.45, 7) is 2.77. The highest BCUT2D eigenvalue weighted by atomic mass is 19.4. The fraction of sp³-hybridized carbons (Fsp3) is 0.579. The van der Waals surface area contributed by atoms with Gasteiger partial charge in [-0.25, -0.2) is 0 Å². The fourth-order valence-corrected chi connectivity index (χ4v) is 3.16. The van der Waals surface area contributed by atoms with Gasteiger partial charge in [-0.2, -0.15) is 13.2 Å². The summed E-state index contributed by atoms with van der Waals surface area (Å²) in [6, 6.07) is 7.10. The second-order valence-electron chi connectivity index (χ2n) is 6.86. The lowest BCUT2D eigenvalue weighted by Gasteiger charge is -2.25. The average Bonchev–Trinajstić information content (AvgIpc) is 2.98. The summed E-state index contributed by atoms with van der Waals surface area (Å²) in [4.78, 5) is 29.0. The molecule has 0 N–H and O–H groups in total. The summed E-state index contributed by atoms with van der Waals surface area (Å²) in [5.41, 5.74) is 1.36. The van der Waals surface area contributed by atoms with E-state index in [1.54, 1.807) is 30.0 Å². The van der Waals surface area contributed by atoms with Crippen LogP contribution in [0, 0.1) is 0 Å². The Morgan fingerprint density at radius 1 is 1.26 bits per heavy atom. The third-order valence-corrected chi connectivity index (χ3v) is 4.59. The molecule has 1 aliphatic rings. The van der Waals surface area contributed by atoms with Crippen LogP contribution in [0.25, 0.3) is 0 Å². The Kier molecular flexibility index (Phi) is 7.24. The van der Waals surface area contributed by atoms with Crippen molar-refractivity contribution in [1.29, 1.82) is 0 Å². The third kappa shape index (κ3) is 6.53. The lowest BCUT2D eigenvalue weighted by Crippen LogP contribution is -2.40. The van der Waals surface area contributed by atoms with Crippen LogP contribution in [0.15, 0.2) is 24.3 Å². The van der Waals surface area contributed by atoms with Gasteiger partial charge in [0.1, 0.15) is 0 Å². The number of likely N-dealkylation sites (N-methyl/N-ethyl adjacent to an activating group) is 2. The van der Waals surface area contributed by atoms with Gasteiger partial charge in [0, 0.05) is 44.7 Å². The molecule has 27 heavy (non-hydrogen) atoms. The molecule has 1 fully saturated rings. The monoisotopic (exact) mass is 385 g/mol. The van der Waals surface area contributed by atoms with Gasteiger partial charge in [-0.05, 0) is 38.1 Å². The van der Waals surface area contributed by atoms with E-state index in [-0.39, 0.29) is 24.9 Å². The van der Waals surface area contributed by atoms with E-state index in [1.165, 1.54) is 11.9 Å². The first-order valence-corrected chi connectivity index (χ1v) is 9.11. The summed E-state index contributed by atoms with van der Waals surface area (Å²) in [5.74, 6) is -0.0953. The molecule has 1 heterocycles. The summed E-state index contributed by atoms with van der Waals surface area (Å²) >= 11 is 0. The Morgan fingerprint density at radius 3 is 2.59 bits per heavy atom. The highest BCUT2D eigenvalue weighted by Crippen LogP contribution is 2.17. The van der Waals surface area contributed by atoms with Crippen LogP contribution < -0.4 is 0 Å². The molecule has 0 bridgehead atoms. The molecule has 1 saturated heterocycles. The number of benzene rings is 1. The molecular formula is C19H26F3N3O2. The van der Waals surface area contributed by atoms with E-state index in [9.17, 15) is 22.8 Å². The Labute approximate surface area is 157 Å². The van der Waals surface area contributed by atoms with Gasteiger partial charge in [0.2, 0.25) is 5.91 Å². The van der Waals surface area contributed by atoms with Crippen molar-refractivity contribution < 1.29 is 22.8 Å². The van der Waals surface area contributed by atoms with Gasteiger partial charge < -0.3 is 9.80 Å². The van der Waals surface area contributed by atoms with Crippen LogP contribution in [0.4, 0.5) is 13.2 Å². The molecule has 0 saturated carbocycles. The molecule has 0 aliphatic carbocycles. The van der Waals surface area contributed by atoms with Crippen molar-refractivity contribution in [3.8, 4) is 0 Å². The molecule has 8 heteroatoms. The SMILES string of the molecule is CCN(CCN(C)CC(F)(F)F)C(=O)c1cccc(CN2CCCC2=O)c1. The van der Waals surface area contributed by atoms with Crippen molar-refractivity contribution in [2.24, 2.45) is 0 Å². The standard InChI is InChI=1S/C19H26F3N3O2/c1-3-24(11-10-23(2)14-19(20,21)22)18(27)16-7-4-6-15(12-16)13-25-9-5-8-17(25)26/h4,6-7,12H,3,5,8-11,13-14H2,1-2H3. The predicted octanol–water partition coefficient (Wildman–Crippen LogP) is 2.77. The molecule has 0 radical (unpaired) electrons. The van der Waals surface area contributed by atoms with Crippen LogP contribution in [0.5, 0.6) is 0 Å². The summed E-state index contributed by atoms with van der Waals surface area (Å²) < 4.78 is 37.3. The van der Waals surface area contributed by atoms with Crippen LogP contribution in [-0.4, -0.2) is 72.5 Å². The van der Waals surface area contributed by atoms with Gasteiger partial charge in [-0.1, -0.05) is 12.1 Å². The van der Waals surface area contributed by atoms with E-state index < -0.39 is 12.7 Å². The number of alkyl halides is 3. The second kappa shape index (κ2) is 9.21. The molecule has 2 rings (SSSR count). The first-order valence-electron chi connectivity index (χ1n) is 9.11. The fourth-order valence-electron chi connectivity index (χ4n) is 3.16. The molecule has 1 aliphatic heterocycles. The highest BCUT2D eigenvalue weighted by Gasteiger charge is 2.29. The number of halogens is 3. The van der Waals surface area contributed by atoms with Crippen LogP contribution in [0.3, 0.4) is 0 Å². The molecule has 0 unspecified atom stereocenters. The van der Waals surface area contributed by atoms with E-state index in [1.807, 2.05) is 6.07 Å². The number of nitrogens with zero attached hydrogens (tertiary/aromatic N) is 3. The number of amides is 2. The van der Waals surface area contributed by atoms with E-state index in [4.69, 9.17) is 0 Å². The van der Waals surface area contributed by atoms with E-state index in [2.05, 4.69) is 0 Å². The second-order valence-corrected chi connectivity index (χ2v) is 6.86. The van der Waals surface area contributed by atoms with E-state index in [0.717, 1.165) is 23.4 Å². The Morgan fingerprint density at radius 2 is 2.00 bits per heavy atom. The maximum Gasteiger partial charge on any atom is 0.401 e. The third-order valence-electron chi connectivity index (χ3n) is 4.59. The van der Waals surface area contributed by atoms with Gasteiger partial charge in [-0.3, -0.25) is 14.5 Å². The maximum atomic E-state index is 12.7. The van der Waals surface area contributed by atoms with Crippen molar-refractivity contribution in [3.63, 3.8) is 0 Å². The van der Waals surface area contributed by atoms with Crippen LogP contribution in [0.1, 0.15) is 35.7 Å². The molecule has 0 atom stereocenters. The highest BCUT2D eigenvalue weighted by molar-refractivity contribution is 5.94. The van der Waals surface area contributed by atoms with E-state index in [0.29, 0.717) is 25.1 Å². The number of carbonyl (C=O) groups is 2. The Hall–Kier alpha value is -2.09. The molecule has 2 amide bonds. The normalized spacial score (nSPS) is 14.9. The zero-order valence-corrected chi connectivity index (χ0v) is 15.8. The number of likely N-dealkylation sites (tertiary alicyclic amines) is 1. The topological polar surface area (TPSA) is 43.9 Å². The summed E-state index contributed by atoms with van der Waals surface area (Å²) in [7, 11) is 1.39. The lowest BCUT2D eigenvalue weighted by molar-refractivity contribution is -0.143. The maximum absolute atomic E-state index is 12.7. The smallest absolute Gasteiger partial charge is 0.338 e. The van der Waals surface area contributed by atoms with Gasteiger partial charge >= 0.3 is 6.18 Å². The minimum Gasteiger partial charge on any atom is -0.338 e. The van der Waals surface area contributed by atoms with Crippen LogP contribution in [0.2, 0.25) is 0 Å². The quantitative estimate of drug-likeness (QED) is 0.691. The largest absolute Gasteiger partial charge is 0.401 e. The van der Waals surface area contributed by atoms with Gasteiger partial charge in [0.15, 0.2) is 0 Å². The van der Waals surface area contributed by atoms with Crippen molar-refractivity contribution in [3.05, 3.63) is 35.4 Å². The van der Waals surface area contributed by atoms with Crippen molar-refractivity contribution >= 4 is 11.8 Å². The van der Waals surface area contributed by atoms with E-state index >= 15 is 0 Å². The number of hydrogen-bond donors (Lipinski definition) is 0. The summed E-state index contributed by atoms with van der Waals surface area (Å²) in [5, 5.41) is 0. The molecule has 150 valence electrons. The zero-order valence-electron chi connectivity index (χ0n) is 15.8. The molecule has 0 spiro atoms. The van der Waals surface area contributed by atoms with Crippen molar-refractivity contribution in [1.82, 2.24) is 14.7 Å². The van der Waals surface area contributed by atoms with Crippen LogP contribution in [-0.2, 0) is 11.3 Å². The van der Waals surface area contributed by atoms with Crippen molar-refractivity contribution in [2.75, 3.05) is 39.8 Å². The number of carbonyl (C=O) groups excluding carboxylic acids is 2. The van der Waals surface area contributed by atoms with Gasteiger partial charge in [-0.15, -0.1) is 0 Å². The Bertz CT molecular complexity index is 664. The average molecular weight is 385 g/mol. The molecular weight excluding hydrogens is 359 g/mol. The molecule has 0 aromatic heterocycles. The summed E-state index contributed by atoms with van der Waals surface area (Å²) in [6.07, 6.45) is -2.84. The first kappa shape index (κ1) is 21.2. The van der Waals surface area contributed by atoms with Crippen LogP contribution >= 0.6 is 0 Å². The van der Waals surface area contributed by atoms with Crippen molar-refractivity contribution in [2.45, 2.75) is 32.5 Å². The first-order chi connectivity index (χ1) is 12.7.